The molecule has 0 spiro atoms. The lowest BCUT2D eigenvalue weighted by Gasteiger charge is -2.20. The Kier molecular flexibility index (Phi) is 9.77. The molecule has 1 saturated heterocycles. The summed E-state index contributed by atoms with van der Waals surface area (Å²) in [5.74, 6) is 1.89. The Hall–Kier alpha value is -3.35. The summed E-state index contributed by atoms with van der Waals surface area (Å²) in [5.41, 5.74) is 2.09. The molecule has 1 aromatic heterocycles. The normalized spacial score (nSPS) is 13.9. The lowest BCUT2D eigenvalue weighted by molar-refractivity contribution is -0.131. The van der Waals surface area contributed by atoms with E-state index in [4.69, 9.17) is 9.72 Å². The quantitative estimate of drug-likeness (QED) is 0.372. The van der Waals surface area contributed by atoms with E-state index in [1.807, 2.05) is 53.4 Å². The van der Waals surface area contributed by atoms with E-state index in [1.165, 1.54) is 12.8 Å². The van der Waals surface area contributed by atoms with Crippen LogP contribution in [-0.2, 0) is 22.6 Å². The number of imidazole rings is 1. The topological polar surface area (TPSA) is 76.5 Å². The van der Waals surface area contributed by atoms with Gasteiger partial charge < -0.3 is 19.5 Å². The fourth-order valence-electron chi connectivity index (χ4n) is 4.78. The second-order valence-corrected chi connectivity index (χ2v) is 9.48. The molecule has 36 heavy (non-hydrogen) atoms. The minimum atomic E-state index is -0.102. The van der Waals surface area contributed by atoms with Gasteiger partial charge in [-0.1, -0.05) is 49.6 Å². The van der Waals surface area contributed by atoms with Gasteiger partial charge in [0.15, 0.2) is 6.61 Å². The molecule has 192 valence electrons. The van der Waals surface area contributed by atoms with Crippen LogP contribution in [-0.4, -0.2) is 52.5 Å². The molecule has 2 amide bonds. The van der Waals surface area contributed by atoms with Crippen LogP contribution in [0.4, 0.5) is 0 Å². The van der Waals surface area contributed by atoms with Crippen molar-refractivity contribution in [2.24, 2.45) is 0 Å². The number of carbonyl (C=O) groups is 2. The second kappa shape index (κ2) is 13.7. The van der Waals surface area contributed by atoms with E-state index in [0.29, 0.717) is 25.3 Å². The minimum Gasteiger partial charge on any atom is -0.484 e. The van der Waals surface area contributed by atoms with Gasteiger partial charge in [0, 0.05) is 39.0 Å². The van der Waals surface area contributed by atoms with E-state index < -0.39 is 0 Å². The predicted molar refractivity (Wildman–Crippen MR) is 142 cm³/mol. The van der Waals surface area contributed by atoms with Crippen molar-refractivity contribution in [3.8, 4) is 5.75 Å². The Morgan fingerprint density at radius 2 is 1.64 bits per heavy atom. The summed E-state index contributed by atoms with van der Waals surface area (Å²) in [7, 11) is 0. The number of aromatic nitrogens is 2. The molecule has 1 fully saturated rings. The van der Waals surface area contributed by atoms with Crippen LogP contribution in [0.5, 0.6) is 5.75 Å². The van der Waals surface area contributed by atoms with Gasteiger partial charge in [-0.3, -0.25) is 9.59 Å². The molecule has 0 saturated carbocycles. The van der Waals surface area contributed by atoms with Crippen molar-refractivity contribution < 1.29 is 14.3 Å². The van der Waals surface area contributed by atoms with Gasteiger partial charge in [0.2, 0.25) is 5.91 Å². The molecule has 0 atom stereocenters. The van der Waals surface area contributed by atoms with Gasteiger partial charge in [-0.2, -0.15) is 0 Å². The second-order valence-electron chi connectivity index (χ2n) is 9.48. The largest absolute Gasteiger partial charge is 0.484 e. The molecule has 0 bridgehead atoms. The molecular formula is C29H38N4O3. The van der Waals surface area contributed by atoms with Crippen molar-refractivity contribution in [3.63, 3.8) is 0 Å². The van der Waals surface area contributed by atoms with Crippen LogP contribution in [0.1, 0.15) is 57.2 Å². The van der Waals surface area contributed by atoms with Crippen LogP contribution < -0.4 is 10.1 Å². The van der Waals surface area contributed by atoms with Crippen molar-refractivity contribution in [1.82, 2.24) is 19.8 Å². The number of carbonyl (C=O) groups excluding carboxylic acids is 2. The molecule has 4 rings (SSSR count). The zero-order valence-electron chi connectivity index (χ0n) is 21.2. The molecule has 2 heterocycles. The van der Waals surface area contributed by atoms with Crippen LogP contribution in [0.3, 0.4) is 0 Å². The van der Waals surface area contributed by atoms with Gasteiger partial charge in [-0.05, 0) is 49.9 Å². The molecule has 1 aliphatic rings. The number of unbranched alkanes of at least 4 members (excludes halogenated alkanes) is 2. The van der Waals surface area contributed by atoms with Crippen LogP contribution in [0.2, 0.25) is 0 Å². The zero-order chi connectivity index (χ0) is 25.0. The number of aryl methyl sites for hydroxylation is 2. The first-order valence-electron chi connectivity index (χ1n) is 13.4. The third kappa shape index (κ3) is 7.57. The number of nitrogens with zero attached hydrogens (tertiary/aromatic N) is 3. The summed E-state index contributed by atoms with van der Waals surface area (Å²) in [4.78, 5) is 31.8. The smallest absolute Gasteiger partial charge is 0.257 e. The highest BCUT2D eigenvalue weighted by molar-refractivity contribution is 5.78. The van der Waals surface area contributed by atoms with Gasteiger partial charge in [0.25, 0.3) is 5.91 Å². The van der Waals surface area contributed by atoms with Gasteiger partial charge in [-0.25, -0.2) is 4.98 Å². The lowest BCUT2D eigenvalue weighted by atomic mass is 10.2. The maximum Gasteiger partial charge on any atom is 0.257 e. The Balaban J connectivity index is 1.21. The molecule has 0 radical (unpaired) electrons. The summed E-state index contributed by atoms with van der Waals surface area (Å²) in [5, 5.41) is 2.93. The Bertz CT molecular complexity index is 1100. The number of fused-ring (bicyclic) bond motifs is 1. The monoisotopic (exact) mass is 490 g/mol. The Labute approximate surface area is 213 Å². The SMILES string of the molecule is O=C(COc1ccccc1)NCCCCCc1nc2ccccc2n1CCC(=O)N1CCCCCC1. The standard InChI is InChI=1S/C29H38N4O3/c34-28(23-36-24-13-5-3-6-14-24)30-19-10-4-7-17-27-31-25-15-8-9-16-26(25)33(27)22-18-29(35)32-20-11-1-2-12-21-32/h3,5-6,8-9,13-16H,1-2,4,7,10-12,17-23H2,(H,30,34). The fraction of sp³-hybridized carbons (Fsp3) is 0.483. The summed E-state index contributed by atoms with van der Waals surface area (Å²) in [6.07, 6.45) is 8.95. The maximum absolute atomic E-state index is 12.9. The summed E-state index contributed by atoms with van der Waals surface area (Å²) >= 11 is 0. The van der Waals surface area contributed by atoms with E-state index in [-0.39, 0.29) is 18.4 Å². The number of hydrogen-bond donors (Lipinski definition) is 1. The van der Waals surface area contributed by atoms with Crippen LogP contribution >= 0.6 is 0 Å². The lowest BCUT2D eigenvalue weighted by Crippen LogP contribution is -2.32. The highest BCUT2D eigenvalue weighted by Crippen LogP contribution is 2.19. The van der Waals surface area contributed by atoms with E-state index in [2.05, 4.69) is 16.0 Å². The molecule has 7 heteroatoms. The number of nitrogens with one attached hydrogen (secondary N) is 1. The molecule has 1 aliphatic heterocycles. The first kappa shape index (κ1) is 25.7. The molecule has 7 nitrogen and oxygen atoms in total. The predicted octanol–water partition coefficient (Wildman–Crippen LogP) is 4.74. The van der Waals surface area contributed by atoms with Crippen molar-refractivity contribution >= 4 is 22.8 Å². The van der Waals surface area contributed by atoms with Crippen molar-refractivity contribution in [2.45, 2.75) is 64.3 Å². The van der Waals surface area contributed by atoms with Gasteiger partial charge >= 0.3 is 0 Å². The number of amides is 2. The van der Waals surface area contributed by atoms with Crippen LogP contribution in [0.25, 0.3) is 11.0 Å². The molecule has 2 aromatic carbocycles. The van der Waals surface area contributed by atoms with Gasteiger partial charge in [-0.15, -0.1) is 0 Å². The third-order valence-electron chi connectivity index (χ3n) is 6.75. The average Bonchev–Trinajstić information content (AvgIpc) is 3.05. The summed E-state index contributed by atoms with van der Waals surface area (Å²) in [6.45, 7) is 3.13. The van der Waals surface area contributed by atoms with Crippen molar-refractivity contribution in [1.29, 1.82) is 0 Å². The van der Waals surface area contributed by atoms with Crippen LogP contribution in [0, 0.1) is 0 Å². The maximum atomic E-state index is 12.9. The highest BCUT2D eigenvalue weighted by atomic mass is 16.5. The zero-order valence-corrected chi connectivity index (χ0v) is 21.2. The highest BCUT2D eigenvalue weighted by Gasteiger charge is 2.17. The molecular weight excluding hydrogens is 452 g/mol. The number of ether oxygens (including phenoxy) is 1. The molecule has 0 unspecified atom stereocenters. The molecule has 3 aromatic rings. The number of likely N-dealkylation sites (tertiary alicyclic amines) is 1. The number of rotatable bonds is 12. The Morgan fingerprint density at radius 3 is 2.44 bits per heavy atom. The van der Waals surface area contributed by atoms with Crippen LogP contribution in [0.15, 0.2) is 54.6 Å². The average molecular weight is 491 g/mol. The first-order valence-corrected chi connectivity index (χ1v) is 13.4. The van der Waals surface area contributed by atoms with Crippen molar-refractivity contribution in [3.05, 3.63) is 60.4 Å². The molecule has 1 N–H and O–H groups in total. The van der Waals surface area contributed by atoms with E-state index in [0.717, 1.165) is 68.5 Å². The Morgan fingerprint density at radius 1 is 0.889 bits per heavy atom. The number of benzene rings is 2. The first-order chi connectivity index (χ1) is 17.7. The number of para-hydroxylation sites is 3. The van der Waals surface area contributed by atoms with E-state index >= 15 is 0 Å². The fourth-order valence-corrected chi connectivity index (χ4v) is 4.78. The molecule has 0 aliphatic carbocycles. The van der Waals surface area contributed by atoms with Crippen molar-refractivity contribution in [2.75, 3.05) is 26.2 Å². The minimum absolute atomic E-state index is 0.0319. The van der Waals surface area contributed by atoms with E-state index in [1.54, 1.807) is 0 Å². The summed E-state index contributed by atoms with van der Waals surface area (Å²) in [6, 6.07) is 17.5. The van der Waals surface area contributed by atoms with E-state index in [9.17, 15) is 9.59 Å². The van der Waals surface area contributed by atoms with Gasteiger partial charge in [0.1, 0.15) is 11.6 Å². The number of hydrogen-bond acceptors (Lipinski definition) is 4. The van der Waals surface area contributed by atoms with Gasteiger partial charge in [0.05, 0.1) is 11.0 Å². The summed E-state index contributed by atoms with van der Waals surface area (Å²) < 4.78 is 7.71. The third-order valence-corrected chi connectivity index (χ3v) is 6.75.